The molecule has 21 heavy (non-hydrogen) atoms. The Morgan fingerprint density at radius 3 is 2.52 bits per heavy atom. The van der Waals surface area contributed by atoms with Crippen LogP contribution < -0.4 is 10.5 Å². The first kappa shape index (κ1) is 16.1. The minimum atomic E-state index is -4.03. The van der Waals surface area contributed by atoms with Crippen molar-refractivity contribution in [2.45, 2.75) is 17.7 Å². The Balaban J connectivity index is 2.07. The first-order valence-electron chi connectivity index (χ1n) is 6.72. The summed E-state index contributed by atoms with van der Waals surface area (Å²) in [7, 11) is -2.02. The van der Waals surface area contributed by atoms with Crippen LogP contribution in [0.5, 0.6) is 0 Å². The van der Waals surface area contributed by atoms with Crippen molar-refractivity contribution in [3.8, 4) is 0 Å². The van der Waals surface area contributed by atoms with Crippen LogP contribution in [0.3, 0.4) is 0 Å². The molecule has 0 saturated carbocycles. The van der Waals surface area contributed by atoms with E-state index in [9.17, 15) is 17.2 Å². The number of nitrogens with one attached hydrogen (secondary N) is 1. The predicted molar refractivity (Wildman–Crippen MR) is 76.2 cm³/mol. The average Bonchev–Trinajstić information content (AvgIpc) is 2.42. The Morgan fingerprint density at radius 1 is 1.29 bits per heavy atom. The van der Waals surface area contributed by atoms with Gasteiger partial charge < -0.3 is 10.6 Å². The molecule has 0 amide bonds. The van der Waals surface area contributed by atoms with Crippen molar-refractivity contribution in [1.29, 1.82) is 0 Å². The molecule has 1 aliphatic rings. The fourth-order valence-corrected chi connectivity index (χ4v) is 3.53. The van der Waals surface area contributed by atoms with E-state index in [1.54, 1.807) is 0 Å². The molecule has 118 valence electrons. The molecule has 1 aliphatic heterocycles. The van der Waals surface area contributed by atoms with Gasteiger partial charge in [-0.15, -0.1) is 0 Å². The summed E-state index contributed by atoms with van der Waals surface area (Å²) in [5.41, 5.74) is 4.91. The van der Waals surface area contributed by atoms with E-state index < -0.39 is 32.2 Å². The molecule has 8 heteroatoms. The second-order valence-corrected chi connectivity index (χ2v) is 7.14. The van der Waals surface area contributed by atoms with E-state index in [0.717, 1.165) is 32.0 Å². The molecule has 1 heterocycles. The SMILES string of the molecule is CN1CCC(CNS(=O)(=O)c2cc(N)c(F)cc2F)CC1. The number of nitrogens with two attached hydrogens (primary N) is 1. The number of piperidine rings is 1. The maximum absolute atomic E-state index is 13.6. The molecular weight excluding hydrogens is 300 g/mol. The summed E-state index contributed by atoms with van der Waals surface area (Å²) in [6, 6.07) is 1.29. The van der Waals surface area contributed by atoms with Crippen molar-refractivity contribution in [1.82, 2.24) is 9.62 Å². The first-order valence-corrected chi connectivity index (χ1v) is 8.20. The summed E-state index contributed by atoms with van der Waals surface area (Å²) < 4.78 is 53.2. The smallest absolute Gasteiger partial charge is 0.243 e. The van der Waals surface area contributed by atoms with Gasteiger partial charge in [0, 0.05) is 12.6 Å². The third-order valence-corrected chi connectivity index (χ3v) is 5.18. The Labute approximate surface area is 123 Å². The van der Waals surface area contributed by atoms with E-state index in [2.05, 4.69) is 9.62 Å². The Bertz CT molecular complexity index is 614. The fraction of sp³-hybridized carbons (Fsp3) is 0.538. The molecule has 2 rings (SSSR count). The first-order chi connectivity index (χ1) is 9.79. The van der Waals surface area contributed by atoms with Crippen LogP contribution in [0, 0.1) is 17.6 Å². The molecule has 0 aromatic heterocycles. The largest absolute Gasteiger partial charge is 0.396 e. The Morgan fingerprint density at radius 2 is 1.90 bits per heavy atom. The highest BCUT2D eigenvalue weighted by atomic mass is 32.2. The second-order valence-electron chi connectivity index (χ2n) is 5.40. The number of sulfonamides is 1. The van der Waals surface area contributed by atoms with E-state index in [1.165, 1.54) is 0 Å². The molecule has 1 aromatic rings. The molecule has 1 fully saturated rings. The van der Waals surface area contributed by atoms with Gasteiger partial charge in [-0.05, 0) is 45.0 Å². The highest BCUT2D eigenvalue weighted by Gasteiger charge is 2.24. The van der Waals surface area contributed by atoms with Crippen molar-refractivity contribution in [3.63, 3.8) is 0 Å². The molecule has 1 aromatic carbocycles. The van der Waals surface area contributed by atoms with Gasteiger partial charge in [0.05, 0.1) is 5.69 Å². The van der Waals surface area contributed by atoms with Crippen LogP contribution >= 0.6 is 0 Å². The van der Waals surface area contributed by atoms with E-state index in [1.807, 2.05) is 7.05 Å². The maximum atomic E-state index is 13.6. The number of halogens is 2. The Hall–Kier alpha value is -1.25. The number of benzene rings is 1. The van der Waals surface area contributed by atoms with Gasteiger partial charge in [0.1, 0.15) is 16.5 Å². The molecule has 0 aliphatic carbocycles. The van der Waals surface area contributed by atoms with Gasteiger partial charge >= 0.3 is 0 Å². The number of anilines is 1. The molecule has 3 N–H and O–H groups in total. The van der Waals surface area contributed by atoms with Gasteiger partial charge in [-0.1, -0.05) is 0 Å². The van der Waals surface area contributed by atoms with Crippen molar-refractivity contribution in [2.75, 3.05) is 32.4 Å². The summed E-state index contributed by atoms with van der Waals surface area (Å²) in [4.78, 5) is 1.56. The molecule has 0 atom stereocenters. The Kier molecular flexibility index (Phi) is 4.80. The van der Waals surface area contributed by atoms with Gasteiger partial charge in [-0.2, -0.15) is 0 Å². The maximum Gasteiger partial charge on any atom is 0.243 e. The van der Waals surface area contributed by atoms with Gasteiger partial charge in [-0.25, -0.2) is 21.9 Å². The van der Waals surface area contributed by atoms with Crippen LogP contribution in [0.2, 0.25) is 0 Å². The van der Waals surface area contributed by atoms with Crippen LogP contribution in [0.4, 0.5) is 14.5 Å². The lowest BCUT2D eigenvalue weighted by Crippen LogP contribution is -2.37. The van der Waals surface area contributed by atoms with E-state index >= 15 is 0 Å². The third kappa shape index (κ3) is 3.90. The average molecular weight is 319 g/mol. The summed E-state index contributed by atoms with van der Waals surface area (Å²) in [6.07, 6.45) is 1.76. The summed E-state index contributed by atoms with van der Waals surface area (Å²) in [6.45, 7) is 2.06. The van der Waals surface area contributed by atoms with Gasteiger partial charge in [0.25, 0.3) is 0 Å². The lowest BCUT2D eigenvalue weighted by atomic mass is 9.98. The lowest BCUT2D eigenvalue weighted by Gasteiger charge is -2.28. The van der Waals surface area contributed by atoms with Gasteiger partial charge in [0.2, 0.25) is 10.0 Å². The van der Waals surface area contributed by atoms with Crippen molar-refractivity contribution < 1.29 is 17.2 Å². The quantitative estimate of drug-likeness (QED) is 0.817. The molecule has 0 bridgehead atoms. The third-order valence-electron chi connectivity index (χ3n) is 3.74. The highest BCUT2D eigenvalue weighted by Crippen LogP contribution is 2.22. The van der Waals surface area contributed by atoms with Crippen LogP contribution in [0.1, 0.15) is 12.8 Å². The van der Waals surface area contributed by atoms with E-state index in [-0.39, 0.29) is 12.5 Å². The minimum Gasteiger partial charge on any atom is -0.396 e. The highest BCUT2D eigenvalue weighted by molar-refractivity contribution is 7.89. The summed E-state index contributed by atoms with van der Waals surface area (Å²) >= 11 is 0. The van der Waals surface area contributed by atoms with E-state index in [4.69, 9.17) is 5.73 Å². The van der Waals surface area contributed by atoms with Gasteiger partial charge in [0.15, 0.2) is 0 Å². The normalized spacial score (nSPS) is 18.0. The molecular formula is C13H19F2N3O2S. The number of nitrogen functional groups attached to an aromatic ring is 1. The van der Waals surface area contributed by atoms with Crippen LogP contribution in [-0.2, 0) is 10.0 Å². The molecule has 5 nitrogen and oxygen atoms in total. The molecule has 1 saturated heterocycles. The zero-order valence-electron chi connectivity index (χ0n) is 11.8. The molecule has 0 spiro atoms. The number of nitrogens with zero attached hydrogens (tertiary/aromatic N) is 1. The monoisotopic (exact) mass is 319 g/mol. The van der Waals surface area contributed by atoms with Crippen molar-refractivity contribution >= 4 is 15.7 Å². The zero-order chi connectivity index (χ0) is 15.6. The van der Waals surface area contributed by atoms with Crippen molar-refractivity contribution in [3.05, 3.63) is 23.8 Å². The molecule has 0 radical (unpaired) electrons. The standard InChI is InChI=1S/C13H19F2N3O2S/c1-18-4-2-9(3-5-18)8-17-21(19,20)13-7-12(16)10(14)6-11(13)15/h6-7,9,17H,2-5,8,16H2,1H3. The second kappa shape index (κ2) is 6.25. The predicted octanol–water partition coefficient (Wildman–Crippen LogP) is 1.17. The lowest BCUT2D eigenvalue weighted by molar-refractivity contribution is 0.220. The van der Waals surface area contributed by atoms with Crippen LogP contribution in [-0.4, -0.2) is 40.0 Å². The van der Waals surface area contributed by atoms with Crippen LogP contribution in [0.25, 0.3) is 0 Å². The molecule has 0 unspecified atom stereocenters. The van der Waals surface area contributed by atoms with E-state index in [0.29, 0.717) is 6.07 Å². The van der Waals surface area contributed by atoms with Gasteiger partial charge in [-0.3, -0.25) is 0 Å². The number of hydrogen-bond acceptors (Lipinski definition) is 4. The fourth-order valence-electron chi connectivity index (χ4n) is 2.32. The number of rotatable bonds is 4. The summed E-state index contributed by atoms with van der Waals surface area (Å²) in [5, 5.41) is 0. The summed E-state index contributed by atoms with van der Waals surface area (Å²) in [5.74, 6) is -1.89. The zero-order valence-corrected chi connectivity index (χ0v) is 12.6. The topological polar surface area (TPSA) is 75.4 Å². The minimum absolute atomic E-state index is 0.219. The van der Waals surface area contributed by atoms with Crippen molar-refractivity contribution in [2.24, 2.45) is 5.92 Å². The number of hydrogen-bond donors (Lipinski definition) is 2. The van der Waals surface area contributed by atoms with Crippen LogP contribution in [0.15, 0.2) is 17.0 Å². The number of likely N-dealkylation sites (tertiary alicyclic amines) is 1.